The Hall–Kier alpha value is -1.06. The number of para-hydroxylation sites is 1. The zero-order valence-corrected chi connectivity index (χ0v) is 12.3. The lowest BCUT2D eigenvalue weighted by atomic mass is 9.97. The van der Waals surface area contributed by atoms with Crippen molar-refractivity contribution >= 4 is 0 Å². The summed E-state index contributed by atoms with van der Waals surface area (Å²) in [6.45, 7) is 8.47. The van der Waals surface area contributed by atoms with Crippen molar-refractivity contribution in [3.05, 3.63) is 29.8 Å². The molecule has 0 spiro atoms. The van der Waals surface area contributed by atoms with Crippen LogP contribution < -0.4 is 4.74 Å². The van der Waals surface area contributed by atoms with Crippen molar-refractivity contribution in [2.45, 2.75) is 57.8 Å². The molecular weight excluding hydrogens is 240 g/mol. The molecule has 0 aromatic heterocycles. The first kappa shape index (κ1) is 14.4. The first-order valence-corrected chi connectivity index (χ1v) is 6.90. The van der Waals surface area contributed by atoms with Crippen molar-refractivity contribution in [3.8, 4) is 5.75 Å². The SMILES string of the molecule is CC1(C)CC(Oc2ccccc2CCO)C(C)(C)O1. The molecule has 0 bridgehead atoms. The van der Waals surface area contributed by atoms with Crippen molar-refractivity contribution in [2.75, 3.05) is 6.61 Å². The topological polar surface area (TPSA) is 38.7 Å². The Balaban J connectivity index is 2.17. The summed E-state index contributed by atoms with van der Waals surface area (Å²) < 4.78 is 12.2. The lowest BCUT2D eigenvalue weighted by Gasteiger charge is -2.28. The molecule has 1 aromatic carbocycles. The van der Waals surface area contributed by atoms with Crippen LogP contribution in [-0.2, 0) is 11.2 Å². The van der Waals surface area contributed by atoms with Gasteiger partial charge in [0.2, 0.25) is 0 Å². The highest BCUT2D eigenvalue weighted by Gasteiger charge is 2.47. The minimum absolute atomic E-state index is 0.0299. The fourth-order valence-corrected chi connectivity index (χ4v) is 2.79. The van der Waals surface area contributed by atoms with Gasteiger partial charge in [-0.05, 0) is 45.7 Å². The summed E-state index contributed by atoms with van der Waals surface area (Å²) in [7, 11) is 0. The first-order chi connectivity index (χ1) is 8.84. The van der Waals surface area contributed by atoms with E-state index in [0.29, 0.717) is 6.42 Å². The van der Waals surface area contributed by atoms with Gasteiger partial charge >= 0.3 is 0 Å². The maximum absolute atomic E-state index is 9.11. The molecule has 2 rings (SSSR count). The van der Waals surface area contributed by atoms with E-state index in [1.165, 1.54) is 0 Å². The zero-order valence-electron chi connectivity index (χ0n) is 12.3. The summed E-state index contributed by atoms with van der Waals surface area (Å²) in [6.07, 6.45) is 1.52. The number of rotatable bonds is 4. The highest BCUT2D eigenvalue weighted by Crippen LogP contribution is 2.40. The van der Waals surface area contributed by atoms with Crippen molar-refractivity contribution < 1.29 is 14.6 Å². The zero-order chi connectivity index (χ0) is 14.1. The second-order valence-electron chi connectivity index (χ2n) is 6.36. The van der Waals surface area contributed by atoms with Crippen molar-refractivity contribution in [2.24, 2.45) is 0 Å². The molecule has 0 aliphatic carbocycles. The van der Waals surface area contributed by atoms with Crippen molar-refractivity contribution in [3.63, 3.8) is 0 Å². The maximum Gasteiger partial charge on any atom is 0.130 e. The van der Waals surface area contributed by atoms with Crippen LogP contribution in [0.1, 0.15) is 39.7 Å². The van der Waals surface area contributed by atoms with Crippen LogP contribution in [0, 0.1) is 0 Å². The Morgan fingerprint density at radius 2 is 1.95 bits per heavy atom. The van der Waals surface area contributed by atoms with Crippen LogP contribution in [0.2, 0.25) is 0 Å². The van der Waals surface area contributed by atoms with E-state index in [2.05, 4.69) is 27.7 Å². The summed E-state index contributed by atoms with van der Waals surface area (Å²) in [5.74, 6) is 0.857. The van der Waals surface area contributed by atoms with Gasteiger partial charge in [-0.3, -0.25) is 0 Å². The number of aliphatic hydroxyl groups is 1. The van der Waals surface area contributed by atoms with E-state index in [1.54, 1.807) is 0 Å². The van der Waals surface area contributed by atoms with Crippen LogP contribution in [0.25, 0.3) is 0 Å². The number of hydrogen-bond donors (Lipinski definition) is 1. The molecule has 1 N–H and O–H groups in total. The first-order valence-electron chi connectivity index (χ1n) is 6.90. The molecular formula is C16H24O3. The average Bonchev–Trinajstić information content (AvgIpc) is 2.50. The molecule has 1 aliphatic heterocycles. The van der Waals surface area contributed by atoms with Gasteiger partial charge in [-0.15, -0.1) is 0 Å². The normalized spacial score (nSPS) is 24.4. The largest absolute Gasteiger partial charge is 0.487 e. The summed E-state index contributed by atoms with van der Waals surface area (Å²) in [4.78, 5) is 0. The highest BCUT2D eigenvalue weighted by molar-refractivity contribution is 5.34. The second kappa shape index (κ2) is 5.14. The van der Waals surface area contributed by atoms with Gasteiger partial charge in [0.05, 0.1) is 5.60 Å². The van der Waals surface area contributed by atoms with Crippen LogP contribution in [0.15, 0.2) is 24.3 Å². The smallest absolute Gasteiger partial charge is 0.130 e. The Kier molecular flexibility index (Phi) is 3.88. The van der Waals surface area contributed by atoms with E-state index in [9.17, 15) is 0 Å². The van der Waals surface area contributed by atoms with Gasteiger partial charge in [0, 0.05) is 13.0 Å². The molecule has 1 aliphatic rings. The minimum Gasteiger partial charge on any atom is -0.487 e. The quantitative estimate of drug-likeness (QED) is 0.908. The Bertz CT molecular complexity index is 437. The molecule has 106 valence electrons. The van der Waals surface area contributed by atoms with Gasteiger partial charge in [0.25, 0.3) is 0 Å². The molecule has 3 nitrogen and oxygen atoms in total. The van der Waals surface area contributed by atoms with Gasteiger partial charge in [-0.1, -0.05) is 18.2 Å². The van der Waals surface area contributed by atoms with Crippen LogP contribution in [-0.4, -0.2) is 29.0 Å². The Morgan fingerprint density at radius 3 is 2.53 bits per heavy atom. The van der Waals surface area contributed by atoms with E-state index in [4.69, 9.17) is 14.6 Å². The molecule has 3 heteroatoms. The van der Waals surface area contributed by atoms with E-state index < -0.39 is 0 Å². The standard InChI is InChI=1S/C16H24O3/c1-15(2)11-14(16(3,4)19-15)18-13-8-6-5-7-12(13)9-10-17/h5-8,14,17H,9-11H2,1-4H3. The van der Waals surface area contributed by atoms with Crippen LogP contribution in [0.5, 0.6) is 5.75 Å². The molecule has 0 amide bonds. The lowest BCUT2D eigenvalue weighted by molar-refractivity contribution is -0.0846. The maximum atomic E-state index is 9.11. The van der Waals surface area contributed by atoms with E-state index >= 15 is 0 Å². The third kappa shape index (κ3) is 3.28. The fraction of sp³-hybridized carbons (Fsp3) is 0.625. The predicted molar refractivity (Wildman–Crippen MR) is 75.5 cm³/mol. The number of aliphatic hydroxyl groups excluding tert-OH is 1. The number of hydrogen-bond acceptors (Lipinski definition) is 3. The average molecular weight is 264 g/mol. The lowest BCUT2D eigenvalue weighted by Crippen LogP contribution is -2.36. The highest BCUT2D eigenvalue weighted by atomic mass is 16.6. The molecule has 1 saturated heterocycles. The van der Waals surface area contributed by atoms with Gasteiger partial charge in [-0.25, -0.2) is 0 Å². The molecule has 1 fully saturated rings. The summed E-state index contributed by atoms with van der Waals surface area (Å²) in [5.41, 5.74) is 0.598. The van der Waals surface area contributed by atoms with E-state index in [1.807, 2.05) is 24.3 Å². The third-order valence-corrected chi connectivity index (χ3v) is 3.61. The van der Waals surface area contributed by atoms with Gasteiger partial charge in [0.15, 0.2) is 0 Å². The Labute approximate surface area is 115 Å². The van der Waals surface area contributed by atoms with Crippen LogP contribution >= 0.6 is 0 Å². The minimum atomic E-state index is -0.296. The number of ether oxygens (including phenoxy) is 2. The molecule has 0 saturated carbocycles. The van der Waals surface area contributed by atoms with Gasteiger partial charge < -0.3 is 14.6 Å². The summed E-state index contributed by atoms with van der Waals surface area (Å²) >= 11 is 0. The molecule has 1 heterocycles. The second-order valence-corrected chi connectivity index (χ2v) is 6.36. The third-order valence-electron chi connectivity index (χ3n) is 3.61. The molecule has 1 aromatic rings. The van der Waals surface area contributed by atoms with Gasteiger partial charge in [0.1, 0.15) is 17.5 Å². The predicted octanol–water partition coefficient (Wildman–Crippen LogP) is 2.95. The fourth-order valence-electron chi connectivity index (χ4n) is 2.79. The monoisotopic (exact) mass is 264 g/mol. The van der Waals surface area contributed by atoms with Gasteiger partial charge in [-0.2, -0.15) is 0 Å². The molecule has 1 atom stereocenters. The van der Waals surface area contributed by atoms with Crippen molar-refractivity contribution in [1.82, 2.24) is 0 Å². The van der Waals surface area contributed by atoms with Crippen LogP contribution in [0.4, 0.5) is 0 Å². The van der Waals surface area contributed by atoms with E-state index in [0.717, 1.165) is 17.7 Å². The van der Waals surface area contributed by atoms with Crippen LogP contribution in [0.3, 0.4) is 0 Å². The number of benzene rings is 1. The summed E-state index contributed by atoms with van der Waals surface area (Å²) in [5, 5.41) is 9.11. The molecule has 0 radical (unpaired) electrons. The summed E-state index contributed by atoms with van der Waals surface area (Å²) in [6, 6.07) is 7.90. The van der Waals surface area contributed by atoms with E-state index in [-0.39, 0.29) is 23.9 Å². The Morgan fingerprint density at radius 1 is 1.26 bits per heavy atom. The molecule has 1 unspecified atom stereocenters. The van der Waals surface area contributed by atoms with Crippen molar-refractivity contribution in [1.29, 1.82) is 0 Å². The molecule has 19 heavy (non-hydrogen) atoms.